The Labute approximate surface area is 136 Å². The van der Waals surface area contributed by atoms with E-state index in [-0.39, 0.29) is 5.97 Å². The second-order valence-corrected chi connectivity index (χ2v) is 5.08. The van der Waals surface area contributed by atoms with Crippen molar-refractivity contribution in [2.45, 2.75) is 65.2 Å². The summed E-state index contributed by atoms with van der Waals surface area (Å²) in [5.74, 6) is -0.0906. The van der Waals surface area contributed by atoms with Crippen molar-refractivity contribution >= 4 is 5.97 Å². The maximum absolute atomic E-state index is 11.1. The molecule has 0 heterocycles. The molecule has 0 amide bonds. The largest absolute Gasteiger partial charge is 0.466 e. The second-order valence-electron chi connectivity index (χ2n) is 5.08. The number of rotatable bonds is 13. The minimum atomic E-state index is -0.0906. The predicted octanol–water partition coefficient (Wildman–Crippen LogP) is 5.92. The van der Waals surface area contributed by atoms with Gasteiger partial charge in [-0.1, -0.05) is 62.0 Å². The summed E-state index contributed by atoms with van der Waals surface area (Å²) in [6, 6.07) is 0. The normalized spacial score (nSPS) is 12.3. The highest BCUT2D eigenvalue weighted by Gasteiger charge is 1.98. The Hall–Kier alpha value is -1.57. The molecule has 22 heavy (non-hydrogen) atoms. The van der Waals surface area contributed by atoms with Crippen molar-refractivity contribution in [1.82, 2.24) is 0 Å². The third-order valence-corrected chi connectivity index (χ3v) is 3.00. The van der Waals surface area contributed by atoms with Gasteiger partial charge in [0, 0.05) is 6.42 Å². The molecular formula is C20H32O2. The molecule has 0 aromatic rings. The minimum absolute atomic E-state index is 0.0906. The molecular weight excluding hydrogens is 272 g/mol. The van der Waals surface area contributed by atoms with Gasteiger partial charge in [0.15, 0.2) is 0 Å². The molecule has 0 unspecified atom stereocenters. The van der Waals surface area contributed by atoms with Crippen molar-refractivity contribution in [2.75, 3.05) is 6.61 Å². The van der Waals surface area contributed by atoms with Gasteiger partial charge < -0.3 is 4.74 Å². The van der Waals surface area contributed by atoms with Crippen LogP contribution in [0.5, 0.6) is 0 Å². The van der Waals surface area contributed by atoms with Crippen LogP contribution in [0, 0.1) is 0 Å². The predicted molar refractivity (Wildman–Crippen MR) is 95.8 cm³/mol. The summed E-state index contributed by atoms with van der Waals surface area (Å²) in [7, 11) is 0. The molecule has 0 aromatic heterocycles. The molecule has 2 nitrogen and oxygen atoms in total. The third kappa shape index (κ3) is 16.5. The fourth-order valence-corrected chi connectivity index (χ4v) is 1.81. The molecule has 0 aliphatic carbocycles. The highest BCUT2D eigenvalue weighted by atomic mass is 16.5. The number of allylic oxidation sites excluding steroid dienone is 8. The van der Waals surface area contributed by atoms with Gasteiger partial charge in [-0.15, -0.1) is 0 Å². The monoisotopic (exact) mass is 304 g/mol. The highest BCUT2D eigenvalue weighted by molar-refractivity contribution is 5.69. The lowest BCUT2D eigenvalue weighted by Gasteiger charge is -1.98. The van der Waals surface area contributed by atoms with Crippen LogP contribution in [-0.4, -0.2) is 12.6 Å². The molecule has 0 atom stereocenters. The second kappa shape index (κ2) is 17.5. The fourth-order valence-electron chi connectivity index (χ4n) is 1.81. The van der Waals surface area contributed by atoms with Crippen molar-refractivity contribution in [3.63, 3.8) is 0 Å². The summed E-state index contributed by atoms with van der Waals surface area (Å²) in [5, 5.41) is 0. The molecule has 2 heteroatoms. The van der Waals surface area contributed by atoms with Gasteiger partial charge in [-0.05, 0) is 45.4 Å². The molecule has 0 bridgehead atoms. The maximum atomic E-state index is 11.1. The van der Waals surface area contributed by atoms with E-state index in [0.29, 0.717) is 13.0 Å². The molecule has 0 radical (unpaired) electrons. The molecule has 0 aliphatic rings. The van der Waals surface area contributed by atoms with E-state index in [0.717, 1.165) is 32.1 Å². The number of hydrogen-bond acceptors (Lipinski definition) is 2. The number of esters is 1. The van der Waals surface area contributed by atoms with Crippen LogP contribution in [0.2, 0.25) is 0 Å². The topological polar surface area (TPSA) is 26.3 Å². The van der Waals surface area contributed by atoms with Gasteiger partial charge in [-0.3, -0.25) is 4.79 Å². The van der Waals surface area contributed by atoms with Crippen molar-refractivity contribution in [3.8, 4) is 0 Å². The van der Waals surface area contributed by atoms with Gasteiger partial charge in [0.25, 0.3) is 0 Å². The number of unbranched alkanes of at least 4 members (excludes halogenated alkanes) is 2. The summed E-state index contributed by atoms with van der Waals surface area (Å²) in [4.78, 5) is 11.1. The van der Waals surface area contributed by atoms with Gasteiger partial charge >= 0.3 is 5.97 Å². The molecule has 0 saturated carbocycles. The summed E-state index contributed by atoms with van der Waals surface area (Å²) < 4.78 is 4.88. The molecule has 0 rings (SSSR count). The van der Waals surface area contributed by atoms with Crippen molar-refractivity contribution in [2.24, 2.45) is 0 Å². The zero-order valence-electron chi connectivity index (χ0n) is 14.3. The van der Waals surface area contributed by atoms with E-state index in [1.807, 2.05) is 6.92 Å². The van der Waals surface area contributed by atoms with Crippen LogP contribution in [0.4, 0.5) is 0 Å². The first-order valence-corrected chi connectivity index (χ1v) is 8.56. The SMILES string of the molecule is CCC/C=C\C/C=C\C/C=C\C/C=C\CCCC(=O)OCC. The lowest BCUT2D eigenvalue weighted by atomic mass is 10.2. The number of hydrogen-bond donors (Lipinski definition) is 0. The lowest BCUT2D eigenvalue weighted by Crippen LogP contribution is -2.02. The average molecular weight is 304 g/mol. The number of carbonyl (C=O) groups excluding carboxylic acids is 1. The first-order chi connectivity index (χ1) is 10.8. The molecule has 0 aromatic carbocycles. The van der Waals surface area contributed by atoms with Crippen LogP contribution in [0.1, 0.15) is 65.2 Å². The smallest absolute Gasteiger partial charge is 0.305 e. The highest BCUT2D eigenvalue weighted by Crippen LogP contribution is 2.00. The van der Waals surface area contributed by atoms with Gasteiger partial charge in [-0.25, -0.2) is 0 Å². The van der Waals surface area contributed by atoms with Crippen LogP contribution >= 0.6 is 0 Å². The Balaban J connectivity index is 3.44. The molecule has 0 N–H and O–H groups in total. The van der Waals surface area contributed by atoms with E-state index in [9.17, 15) is 4.79 Å². The van der Waals surface area contributed by atoms with E-state index in [1.165, 1.54) is 12.8 Å². The summed E-state index contributed by atoms with van der Waals surface area (Å²) in [6.45, 7) is 4.51. The van der Waals surface area contributed by atoms with Crippen LogP contribution in [0.25, 0.3) is 0 Å². The zero-order chi connectivity index (χ0) is 16.3. The Morgan fingerprint density at radius 1 is 0.773 bits per heavy atom. The number of carbonyl (C=O) groups is 1. The Kier molecular flexibility index (Phi) is 16.2. The van der Waals surface area contributed by atoms with Crippen molar-refractivity contribution in [1.29, 1.82) is 0 Å². The Morgan fingerprint density at radius 3 is 1.77 bits per heavy atom. The van der Waals surface area contributed by atoms with Gasteiger partial charge in [0.2, 0.25) is 0 Å². The van der Waals surface area contributed by atoms with Crippen LogP contribution in [0.3, 0.4) is 0 Å². The van der Waals surface area contributed by atoms with E-state index >= 15 is 0 Å². The van der Waals surface area contributed by atoms with Crippen LogP contribution in [0.15, 0.2) is 48.6 Å². The zero-order valence-corrected chi connectivity index (χ0v) is 14.3. The summed E-state index contributed by atoms with van der Waals surface area (Å²) >= 11 is 0. The minimum Gasteiger partial charge on any atom is -0.466 e. The lowest BCUT2D eigenvalue weighted by molar-refractivity contribution is -0.143. The first kappa shape index (κ1) is 20.4. The van der Waals surface area contributed by atoms with Gasteiger partial charge in [0.1, 0.15) is 0 Å². The Bertz CT molecular complexity index is 362. The number of ether oxygens (including phenoxy) is 1. The molecule has 0 fully saturated rings. The maximum Gasteiger partial charge on any atom is 0.305 e. The van der Waals surface area contributed by atoms with E-state index in [2.05, 4.69) is 55.5 Å². The Morgan fingerprint density at radius 2 is 1.27 bits per heavy atom. The first-order valence-electron chi connectivity index (χ1n) is 8.56. The fraction of sp³-hybridized carbons (Fsp3) is 0.550. The summed E-state index contributed by atoms with van der Waals surface area (Å²) in [6.07, 6.45) is 25.3. The quantitative estimate of drug-likeness (QED) is 0.240. The molecule has 0 aliphatic heterocycles. The summed E-state index contributed by atoms with van der Waals surface area (Å²) in [5.41, 5.74) is 0. The van der Waals surface area contributed by atoms with Crippen molar-refractivity contribution in [3.05, 3.63) is 48.6 Å². The van der Waals surface area contributed by atoms with Crippen molar-refractivity contribution < 1.29 is 9.53 Å². The van der Waals surface area contributed by atoms with E-state index in [1.54, 1.807) is 0 Å². The van der Waals surface area contributed by atoms with Gasteiger partial charge in [-0.2, -0.15) is 0 Å². The third-order valence-electron chi connectivity index (χ3n) is 3.00. The standard InChI is InChI=1S/C20H32O2/c1-3-5-6-7-8-9-10-11-12-13-14-15-16-17-18-19-20(21)22-4-2/h6-7,9-10,12-13,15-16H,3-5,8,11,14,17-19H2,1-2H3/b7-6-,10-9-,13-12-,16-15-. The van der Waals surface area contributed by atoms with E-state index in [4.69, 9.17) is 4.74 Å². The van der Waals surface area contributed by atoms with E-state index < -0.39 is 0 Å². The van der Waals surface area contributed by atoms with Crippen LogP contribution < -0.4 is 0 Å². The molecule has 0 saturated heterocycles. The molecule has 0 spiro atoms. The van der Waals surface area contributed by atoms with Crippen LogP contribution in [-0.2, 0) is 9.53 Å². The molecule has 124 valence electrons. The average Bonchev–Trinajstić information content (AvgIpc) is 2.51. The van der Waals surface area contributed by atoms with Gasteiger partial charge in [0.05, 0.1) is 6.61 Å².